The van der Waals surface area contributed by atoms with Gasteiger partial charge in [-0.3, -0.25) is 14.4 Å². The molecule has 1 aliphatic rings. The summed E-state index contributed by atoms with van der Waals surface area (Å²) < 4.78 is 0. The third kappa shape index (κ3) is 3.91. The predicted molar refractivity (Wildman–Crippen MR) is 55.5 cm³/mol. The maximum atomic E-state index is 11.4. The number of carboxylic acids is 1. The average Bonchev–Trinajstić information content (AvgIpc) is 2.41. The Labute approximate surface area is 91.8 Å². The van der Waals surface area contributed by atoms with Gasteiger partial charge >= 0.3 is 5.97 Å². The first-order chi connectivity index (χ1) is 6.99. The van der Waals surface area contributed by atoms with Crippen molar-refractivity contribution in [3.63, 3.8) is 0 Å². The molecule has 1 rings (SSSR count). The van der Waals surface area contributed by atoms with Gasteiger partial charge in [-0.15, -0.1) is 0 Å². The summed E-state index contributed by atoms with van der Waals surface area (Å²) in [5.74, 6) is -0.972. The van der Waals surface area contributed by atoms with Crippen molar-refractivity contribution < 1.29 is 19.5 Å². The summed E-state index contributed by atoms with van der Waals surface area (Å²) in [6, 6.07) is 0. The molecule has 0 aromatic heterocycles. The normalized spacial score (nSPS) is 20.7. The third-order valence-corrected chi connectivity index (χ3v) is 3.09. The summed E-state index contributed by atoms with van der Waals surface area (Å²) in [6.07, 6.45) is 0.299. The minimum Gasteiger partial charge on any atom is -0.481 e. The Hall–Kier alpha value is -1.04. The van der Waals surface area contributed by atoms with Crippen molar-refractivity contribution >= 4 is 28.8 Å². The van der Waals surface area contributed by atoms with E-state index in [9.17, 15) is 14.4 Å². The Morgan fingerprint density at radius 1 is 1.60 bits per heavy atom. The van der Waals surface area contributed by atoms with Crippen LogP contribution in [0.25, 0.3) is 0 Å². The largest absolute Gasteiger partial charge is 0.481 e. The van der Waals surface area contributed by atoms with Gasteiger partial charge in [0.1, 0.15) is 0 Å². The van der Waals surface area contributed by atoms with Crippen LogP contribution in [-0.4, -0.2) is 45.3 Å². The maximum absolute atomic E-state index is 11.4. The molecule has 1 amide bonds. The maximum Gasteiger partial charge on any atom is 0.305 e. The van der Waals surface area contributed by atoms with Gasteiger partial charge in [-0.2, -0.15) is 0 Å². The molecule has 0 spiro atoms. The monoisotopic (exact) mass is 231 g/mol. The van der Waals surface area contributed by atoms with E-state index in [-0.39, 0.29) is 29.2 Å². The zero-order valence-corrected chi connectivity index (χ0v) is 9.25. The number of likely N-dealkylation sites (tertiary alicyclic amines) is 1. The van der Waals surface area contributed by atoms with E-state index >= 15 is 0 Å². The van der Waals surface area contributed by atoms with E-state index in [2.05, 4.69) is 0 Å². The zero-order valence-electron chi connectivity index (χ0n) is 8.43. The lowest BCUT2D eigenvalue weighted by Gasteiger charge is -2.14. The van der Waals surface area contributed by atoms with E-state index in [1.165, 1.54) is 11.8 Å². The summed E-state index contributed by atoms with van der Waals surface area (Å²) >= 11 is 1.15. The van der Waals surface area contributed by atoms with Crippen LogP contribution in [0.2, 0.25) is 0 Å². The van der Waals surface area contributed by atoms with Gasteiger partial charge < -0.3 is 10.0 Å². The summed E-state index contributed by atoms with van der Waals surface area (Å²) in [6.45, 7) is 2.19. The average molecular weight is 231 g/mol. The lowest BCUT2D eigenvalue weighted by atomic mass is 10.4. The number of carbonyl (C=O) groups excluding carboxylic acids is 2. The molecule has 1 aliphatic heterocycles. The minimum atomic E-state index is -0.912. The fourth-order valence-electron chi connectivity index (χ4n) is 1.50. The molecule has 1 unspecified atom stereocenters. The van der Waals surface area contributed by atoms with E-state index in [4.69, 9.17) is 5.11 Å². The summed E-state index contributed by atoms with van der Waals surface area (Å²) in [5, 5.41) is 8.46. The number of hydrogen-bond donors (Lipinski definition) is 1. The minimum absolute atomic E-state index is 0.00659. The molecule has 84 valence electrons. The van der Waals surface area contributed by atoms with Crippen molar-refractivity contribution in [2.45, 2.75) is 25.0 Å². The topological polar surface area (TPSA) is 74.7 Å². The standard InChI is InChI=1S/C9H13NO4S/c1-6(11)15-7-4-8(12)10(5-7)3-2-9(13)14/h7H,2-5H2,1H3,(H,13,14). The van der Waals surface area contributed by atoms with Gasteiger partial charge in [0, 0.05) is 31.7 Å². The fraction of sp³-hybridized carbons (Fsp3) is 0.667. The highest BCUT2D eigenvalue weighted by Gasteiger charge is 2.30. The molecule has 0 aromatic carbocycles. The number of aliphatic carboxylic acids is 1. The SMILES string of the molecule is CC(=O)SC1CC(=O)N(CCC(=O)O)C1. The molecule has 0 saturated carbocycles. The molecular weight excluding hydrogens is 218 g/mol. The quantitative estimate of drug-likeness (QED) is 0.755. The highest BCUT2D eigenvalue weighted by Crippen LogP contribution is 2.24. The molecule has 0 radical (unpaired) electrons. The Morgan fingerprint density at radius 2 is 2.27 bits per heavy atom. The molecular formula is C9H13NO4S. The van der Waals surface area contributed by atoms with E-state index in [1.54, 1.807) is 0 Å². The lowest BCUT2D eigenvalue weighted by Crippen LogP contribution is -2.28. The van der Waals surface area contributed by atoms with Crippen LogP contribution in [0.5, 0.6) is 0 Å². The molecule has 15 heavy (non-hydrogen) atoms. The first kappa shape index (κ1) is 12.0. The smallest absolute Gasteiger partial charge is 0.305 e. The number of rotatable bonds is 4. The van der Waals surface area contributed by atoms with E-state index < -0.39 is 5.97 Å². The predicted octanol–water partition coefficient (Wildman–Crippen LogP) is 0.342. The van der Waals surface area contributed by atoms with Gasteiger partial charge in [-0.1, -0.05) is 11.8 Å². The molecule has 1 atom stereocenters. The molecule has 0 aliphatic carbocycles. The van der Waals surface area contributed by atoms with E-state index in [1.807, 2.05) is 0 Å². The van der Waals surface area contributed by atoms with Crippen LogP contribution in [0.3, 0.4) is 0 Å². The summed E-state index contributed by atoms with van der Waals surface area (Å²) in [5.41, 5.74) is 0. The molecule has 0 bridgehead atoms. The molecule has 6 heteroatoms. The van der Waals surface area contributed by atoms with Crippen molar-refractivity contribution in [1.29, 1.82) is 0 Å². The van der Waals surface area contributed by atoms with Crippen LogP contribution in [-0.2, 0) is 14.4 Å². The van der Waals surface area contributed by atoms with Gasteiger partial charge in [-0.25, -0.2) is 0 Å². The molecule has 1 fully saturated rings. The van der Waals surface area contributed by atoms with Crippen LogP contribution in [0.4, 0.5) is 0 Å². The van der Waals surface area contributed by atoms with Crippen molar-refractivity contribution in [3.05, 3.63) is 0 Å². The molecule has 1 N–H and O–H groups in total. The van der Waals surface area contributed by atoms with Crippen LogP contribution in [0.15, 0.2) is 0 Å². The second kappa shape index (κ2) is 5.16. The van der Waals surface area contributed by atoms with Gasteiger partial charge in [0.25, 0.3) is 0 Å². The van der Waals surface area contributed by atoms with Gasteiger partial charge in [0.15, 0.2) is 5.12 Å². The first-order valence-corrected chi connectivity index (χ1v) is 5.54. The highest BCUT2D eigenvalue weighted by molar-refractivity contribution is 8.14. The Kier molecular flexibility index (Phi) is 4.14. The third-order valence-electron chi connectivity index (χ3n) is 2.11. The van der Waals surface area contributed by atoms with Crippen molar-refractivity contribution in [2.24, 2.45) is 0 Å². The van der Waals surface area contributed by atoms with Crippen LogP contribution >= 0.6 is 11.8 Å². The van der Waals surface area contributed by atoms with Crippen LogP contribution < -0.4 is 0 Å². The molecule has 1 saturated heterocycles. The number of carboxylic acid groups (broad SMARTS) is 1. The fourth-order valence-corrected chi connectivity index (χ4v) is 2.45. The van der Waals surface area contributed by atoms with Crippen molar-refractivity contribution in [2.75, 3.05) is 13.1 Å². The van der Waals surface area contributed by atoms with Crippen LogP contribution in [0, 0.1) is 0 Å². The molecule has 1 heterocycles. The van der Waals surface area contributed by atoms with Crippen molar-refractivity contribution in [1.82, 2.24) is 4.90 Å². The number of amides is 1. The van der Waals surface area contributed by atoms with Gasteiger partial charge in [0.05, 0.1) is 6.42 Å². The summed E-state index contributed by atoms with van der Waals surface area (Å²) in [7, 11) is 0. The van der Waals surface area contributed by atoms with Gasteiger partial charge in [-0.05, 0) is 0 Å². The Morgan fingerprint density at radius 3 is 2.80 bits per heavy atom. The first-order valence-electron chi connectivity index (χ1n) is 4.66. The number of carbonyl (C=O) groups is 3. The second-order valence-electron chi connectivity index (χ2n) is 3.42. The molecule has 5 nitrogen and oxygen atoms in total. The number of thioether (sulfide) groups is 1. The number of nitrogens with zero attached hydrogens (tertiary/aromatic N) is 1. The number of hydrogen-bond acceptors (Lipinski definition) is 4. The Balaban J connectivity index is 2.39. The van der Waals surface area contributed by atoms with Crippen LogP contribution in [0.1, 0.15) is 19.8 Å². The van der Waals surface area contributed by atoms with E-state index in [0.717, 1.165) is 11.8 Å². The lowest BCUT2D eigenvalue weighted by molar-refractivity contribution is -0.138. The van der Waals surface area contributed by atoms with E-state index in [0.29, 0.717) is 13.0 Å². The second-order valence-corrected chi connectivity index (χ2v) is 4.90. The summed E-state index contributed by atoms with van der Waals surface area (Å²) in [4.78, 5) is 34.0. The zero-order chi connectivity index (χ0) is 11.4. The van der Waals surface area contributed by atoms with Crippen molar-refractivity contribution in [3.8, 4) is 0 Å². The molecule has 0 aromatic rings. The van der Waals surface area contributed by atoms with Gasteiger partial charge in [0.2, 0.25) is 5.91 Å². The highest BCUT2D eigenvalue weighted by atomic mass is 32.2. The Bertz CT molecular complexity index is 292.